The number of morpholine rings is 1. The third kappa shape index (κ3) is 2.21. The Balaban J connectivity index is 1.92. The predicted octanol–water partition coefficient (Wildman–Crippen LogP) is 0.347. The Morgan fingerprint density at radius 3 is 2.58 bits per heavy atom. The van der Waals surface area contributed by atoms with Crippen LogP contribution >= 0.6 is 0 Å². The second kappa shape index (κ2) is 4.42. The monoisotopic (exact) mass is 283 g/mol. The van der Waals surface area contributed by atoms with E-state index in [2.05, 4.69) is 9.97 Å². The molecule has 3 rings (SSSR count). The SMILES string of the molecule is CS(=O)(=O)C1(c2ccnc(N3CCOCC3)n2)CC1. The van der Waals surface area contributed by atoms with Gasteiger partial charge in [0.15, 0.2) is 9.84 Å². The smallest absolute Gasteiger partial charge is 0.225 e. The fourth-order valence-corrected chi connectivity index (χ4v) is 3.79. The first kappa shape index (κ1) is 12.8. The molecule has 1 aliphatic carbocycles. The highest BCUT2D eigenvalue weighted by molar-refractivity contribution is 7.91. The molecule has 0 bridgehead atoms. The third-order valence-electron chi connectivity index (χ3n) is 3.82. The van der Waals surface area contributed by atoms with Crippen molar-refractivity contribution >= 4 is 15.8 Å². The Hall–Kier alpha value is -1.21. The summed E-state index contributed by atoms with van der Waals surface area (Å²) in [4.78, 5) is 10.8. The van der Waals surface area contributed by atoms with Crippen LogP contribution in [0.1, 0.15) is 18.5 Å². The number of hydrogen-bond donors (Lipinski definition) is 0. The summed E-state index contributed by atoms with van der Waals surface area (Å²) in [5.41, 5.74) is 0.631. The zero-order chi connectivity index (χ0) is 13.5. The lowest BCUT2D eigenvalue weighted by Crippen LogP contribution is -2.37. The van der Waals surface area contributed by atoms with Crippen LogP contribution < -0.4 is 4.90 Å². The number of sulfone groups is 1. The molecule has 0 amide bonds. The van der Waals surface area contributed by atoms with Crippen LogP contribution in [0.2, 0.25) is 0 Å². The number of nitrogens with zero attached hydrogens (tertiary/aromatic N) is 3. The fourth-order valence-electron chi connectivity index (χ4n) is 2.45. The molecule has 104 valence electrons. The minimum atomic E-state index is -3.13. The maximum atomic E-state index is 11.9. The van der Waals surface area contributed by atoms with E-state index < -0.39 is 14.6 Å². The van der Waals surface area contributed by atoms with Crippen molar-refractivity contribution in [3.63, 3.8) is 0 Å². The summed E-state index contributed by atoms with van der Waals surface area (Å²) in [7, 11) is -3.13. The molecule has 0 radical (unpaired) electrons. The topological polar surface area (TPSA) is 72.4 Å². The van der Waals surface area contributed by atoms with Crippen molar-refractivity contribution in [2.24, 2.45) is 0 Å². The van der Waals surface area contributed by atoms with Gasteiger partial charge < -0.3 is 9.64 Å². The van der Waals surface area contributed by atoms with Crippen molar-refractivity contribution < 1.29 is 13.2 Å². The molecular formula is C12H17N3O3S. The summed E-state index contributed by atoms with van der Waals surface area (Å²) >= 11 is 0. The lowest BCUT2D eigenvalue weighted by atomic mass is 10.3. The van der Waals surface area contributed by atoms with Gasteiger partial charge in [-0.05, 0) is 18.9 Å². The molecule has 1 saturated carbocycles. The number of hydrogen-bond acceptors (Lipinski definition) is 6. The van der Waals surface area contributed by atoms with Crippen molar-refractivity contribution in [1.29, 1.82) is 0 Å². The Morgan fingerprint density at radius 2 is 2.00 bits per heavy atom. The van der Waals surface area contributed by atoms with Crippen molar-refractivity contribution in [1.82, 2.24) is 9.97 Å². The van der Waals surface area contributed by atoms with Crippen LogP contribution in [0.15, 0.2) is 12.3 Å². The van der Waals surface area contributed by atoms with Gasteiger partial charge in [0.2, 0.25) is 5.95 Å². The Kier molecular flexibility index (Phi) is 2.98. The second-order valence-electron chi connectivity index (χ2n) is 5.11. The molecule has 1 aliphatic heterocycles. The average molecular weight is 283 g/mol. The summed E-state index contributed by atoms with van der Waals surface area (Å²) < 4.78 is 28.3. The molecule has 1 aromatic heterocycles. The minimum Gasteiger partial charge on any atom is -0.378 e. The van der Waals surface area contributed by atoms with Crippen LogP contribution in [-0.2, 0) is 19.3 Å². The standard InChI is InChI=1S/C12H17N3O3S/c1-19(16,17)12(3-4-12)10-2-5-13-11(14-10)15-6-8-18-9-7-15/h2,5H,3-4,6-9H2,1H3. The van der Waals surface area contributed by atoms with Gasteiger partial charge in [-0.3, -0.25) is 0 Å². The molecule has 7 heteroatoms. The highest BCUT2D eigenvalue weighted by Crippen LogP contribution is 2.51. The van der Waals surface area contributed by atoms with E-state index >= 15 is 0 Å². The average Bonchev–Trinajstić information content (AvgIpc) is 3.21. The highest BCUT2D eigenvalue weighted by atomic mass is 32.2. The lowest BCUT2D eigenvalue weighted by molar-refractivity contribution is 0.122. The van der Waals surface area contributed by atoms with Crippen molar-refractivity contribution in [2.75, 3.05) is 37.5 Å². The van der Waals surface area contributed by atoms with Gasteiger partial charge in [-0.2, -0.15) is 0 Å². The van der Waals surface area contributed by atoms with Gasteiger partial charge in [-0.15, -0.1) is 0 Å². The molecule has 0 unspecified atom stereocenters. The number of anilines is 1. The number of aromatic nitrogens is 2. The van der Waals surface area contributed by atoms with E-state index in [-0.39, 0.29) is 0 Å². The predicted molar refractivity (Wildman–Crippen MR) is 70.8 cm³/mol. The summed E-state index contributed by atoms with van der Waals surface area (Å²) in [5, 5.41) is 0. The van der Waals surface area contributed by atoms with Gasteiger partial charge in [0.05, 0.1) is 18.9 Å². The molecule has 0 atom stereocenters. The second-order valence-corrected chi connectivity index (χ2v) is 7.43. The Labute approximate surface area is 112 Å². The summed E-state index contributed by atoms with van der Waals surface area (Å²) in [6.07, 6.45) is 4.26. The van der Waals surface area contributed by atoms with Gasteiger partial charge in [-0.1, -0.05) is 0 Å². The van der Waals surface area contributed by atoms with Crippen LogP contribution in [0.3, 0.4) is 0 Å². The fraction of sp³-hybridized carbons (Fsp3) is 0.667. The first-order valence-corrected chi connectivity index (χ1v) is 8.28. The number of rotatable bonds is 3. The van der Waals surface area contributed by atoms with E-state index in [0.29, 0.717) is 37.7 Å². The lowest BCUT2D eigenvalue weighted by Gasteiger charge is -2.27. The molecule has 2 fully saturated rings. The van der Waals surface area contributed by atoms with Gasteiger partial charge in [0.1, 0.15) is 4.75 Å². The van der Waals surface area contributed by atoms with Gasteiger partial charge in [0, 0.05) is 25.5 Å². The van der Waals surface area contributed by atoms with Crippen molar-refractivity contribution in [2.45, 2.75) is 17.6 Å². The normalized spacial score (nSPS) is 22.3. The highest BCUT2D eigenvalue weighted by Gasteiger charge is 2.55. The van der Waals surface area contributed by atoms with Crippen molar-refractivity contribution in [3.05, 3.63) is 18.0 Å². The van der Waals surface area contributed by atoms with Gasteiger partial charge in [-0.25, -0.2) is 18.4 Å². The van der Waals surface area contributed by atoms with E-state index in [1.807, 2.05) is 4.90 Å². The van der Waals surface area contributed by atoms with E-state index in [4.69, 9.17) is 4.74 Å². The number of ether oxygens (including phenoxy) is 1. The largest absolute Gasteiger partial charge is 0.378 e. The molecule has 1 saturated heterocycles. The maximum absolute atomic E-state index is 11.9. The zero-order valence-corrected chi connectivity index (χ0v) is 11.7. The van der Waals surface area contributed by atoms with E-state index in [1.54, 1.807) is 12.3 Å². The molecule has 0 N–H and O–H groups in total. The Bertz CT molecular complexity index is 578. The molecule has 0 spiro atoms. The van der Waals surface area contributed by atoms with E-state index in [9.17, 15) is 8.42 Å². The van der Waals surface area contributed by atoms with Gasteiger partial charge >= 0.3 is 0 Å². The molecule has 2 heterocycles. The van der Waals surface area contributed by atoms with Crippen LogP contribution in [0, 0.1) is 0 Å². The third-order valence-corrected chi connectivity index (χ3v) is 5.85. The quantitative estimate of drug-likeness (QED) is 0.797. The zero-order valence-electron chi connectivity index (χ0n) is 10.9. The van der Waals surface area contributed by atoms with E-state index in [1.165, 1.54) is 6.26 Å². The summed E-state index contributed by atoms with van der Waals surface area (Å²) in [6, 6.07) is 1.72. The molecule has 6 nitrogen and oxygen atoms in total. The summed E-state index contributed by atoms with van der Waals surface area (Å²) in [5.74, 6) is 0.607. The Morgan fingerprint density at radius 1 is 1.32 bits per heavy atom. The van der Waals surface area contributed by atoms with Gasteiger partial charge in [0.25, 0.3) is 0 Å². The van der Waals surface area contributed by atoms with Crippen LogP contribution in [0.25, 0.3) is 0 Å². The molecule has 19 heavy (non-hydrogen) atoms. The molecule has 2 aliphatic rings. The molecular weight excluding hydrogens is 266 g/mol. The van der Waals surface area contributed by atoms with E-state index in [0.717, 1.165) is 13.1 Å². The maximum Gasteiger partial charge on any atom is 0.225 e. The van der Waals surface area contributed by atoms with Crippen LogP contribution in [0.5, 0.6) is 0 Å². The van der Waals surface area contributed by atoms with Crippen molar-refractivity contribution in [3.8, 4) is 0 Å². The molecule has 1 aromatic rings. The summed E-state index contributed by atoms with van der Waals surface area (Å²) in [6.45, 7) is 2.81. The molecule has 0 aromatic carbocycles. The minimum absolute atomic E-state index is 0.607. The van der Waals surface area contributed by atoms with Crippen LogP contribution in [0.4, 0.5) is 5.95 Å². The first-order chi connectivity index (χ1) is 9.03. The van der Waals surface area contributed by atoms with Crippen LogP contribution in [-0.4, -0.2) is 50.9 Å². The first-order valence-electron chi connectivity index (χ1n) is 6.39.